The first-order valence-corrected chi connectivity index (χ1v) is 11.1. The number of ether oxygens (including phenoxy) is 1. The van der Waals surface area contributed by atoms with Gasteiger partial charge in [-0.2, -0.15) is 0 Å². The third-order valence-corrected chi connectivity index (χ3v) is 9.04. The molecule has 27 heavy (non-hydrogen) atoms. The Labute approximate surface area is 162 Å². The molecule has 4 fully saturated rings. The maximum Gasteiger partial charge on any atom is 0.320 e. The fraction of sp³-hybridized carbons (Fsp3) is 0.826. The van der Waals surface area contributed by atoms with Crippen LogP contribution in [0, 0.1) is 28.6 Å². The number of rotatable bonds is 3. The van der Waals surface area contributed by atoms with Crippen LogP contribution in [0.2, 0.25) is 0 Å². The van der Waals surface area contributed by atoms with Crippen molar-refractivity contribution in [3.63, 3.8) is 0 Å². The van der Waals surface area contributed by atoms with Crippen molar-refractivity contribution in [1.29, 1.82) is 0 Å². The Balaban J connectivity index is 1.34. The van der Waals surface area contributed by atoms with Crippen LogP contribution in [0.1, 0.15) is 65.2 Å². The Morgan fingerprint density at radius 3 is 2.70 bits per heavy atom. The van der Waals surface area contributed by atoms with Crippen LogP contribution >= 0.6 is 0 Å². The largest absolute Gasteiger partial charge is 0.461 e. The average molecular weight is 372 g/mol. The summed E-state index contributed by atoms with van der Waals surface area (Å²) in [6, 6.07) is 0. The van der Waals surface area contributed by atoms with E-state index >= 15 is 0 Å². The van der Waals surface area contributed by atoms with Crippen molar-refractivity contribution < 1.29 is 14.3 Å². The second-order valence-corrected chi connectivity index (χ2v) is 10.3. The van der Waals surface area contributed by atoms with Crippen molar-refractivity contribution in [3.8, 4) is 0 Å². The first-order chi connectivity index (χ1) is 12.9. The van der Waals surface area contributed by atoms with E-state index in [1.54, 1.807) is 0 Å². The summed E-state index contributed by atoms with van der Waals surface area (Å²) in [6.07, 6.45) is 10.8. The van der Waals surface area contributed by atoms with Gasteiger partial charge in [0.25, 0.3) is 0 Å². The number of nitrogens with zero attached hydrogens (tertiary/aromatic N) is 1. The first kappa shape index (κ1) is 17.9. The van der Waals surface area contributed by atoms with Gasteiger partial charge in [-0.15, -0.1) is 0 Å². The molecule has 4 heteroatoms. The van der Waals surface area contributed by atoms with Crippen LogP contribution in [-0.2, 0) is 14.3 Å². The van der Waals surface area contributed by atoms with E-state index in [1.807, 2.05) is 6.08 Å². The molecule has 0 aromatic rings. The van der Waals surface area contributed by atoms with Gasteiger partial charge in [0, 0.05) is 24.9 Å². The zero-order valence-corrected chi connectivity index (χ0v) is 16.8. The van der Waals surface area contributed by atoms with E-state index in [4.69, 9.17) is 4.74 Å². The summed E-state index contributed by atoms with van der Waals surface area (Å²) in [5.74, 6) is 2.42. The lowest BCUT2D eigenvalue weighted by Crippen LogP contribution is -2.51. The molecule has 6 atom stereocenters. The molecule has 0 aromatic heterocycles. The quantitative estimate of drug-likeness (QED) is 0.560. The Bertz CT molecular complexity index is 696. The van der Waals surface area contributed by atoms with Crippen LogP contribution in [0.4, 0.5) is 0 Å². The molecule has 3 saturated carbocycles. The molecule has 0 amide bonds. The summed E-state index contributed by atoms with van der Waals surface area (Å²) in [6.45, 7) is 7.39. The molecule has 148 valence electrons. The Hall–Kier alpha value is -1.16. The van der Waals surface area contributed by atoms with Crippen LogP contribution in [0.25, 0.3) is 0 Å². The Morgan fingerprint density at radius 2 is 1.93 bits per heavy atom. The highest BCUT2D eigenvalue weighted by atomic mass is 16.5. The van der Waals surface area contributed by atoms with Crippen LogP contribution in [-0.4, -0.2) is 42.4 Å². The number of allylic oxidation sites excluding steroid dienone is 1. The SMILES string of the molecule is CC12CCC(=O)C=C1CCC1C2CCC2(C)C(OC(=O)CN3CC3)CCC12. The summed E-state index contributed by atoms with van der Waals surface area (Å²) in [4.78, 5) is 26.4. The smallest absolute Gasteiger partial charge is 0.320 e. The molecule has 0 bridgehead atoms. The molecule has 0 N–H and O–H groups in total. The van der Waals surface area contributed by atoms with Crippen molar-refractivity contribution in [2.24, 2.45) is 28.6 Å². The van der Waals surface area contributed by atoms with Gasteiger partial charge < -0.3 is 4.74 Å². The van der Waals surface area contributed by atoms with Gasteiger partial charge in [-0.1, -0.05) is 19.4 Å². The van der Waals surface area contributed by atoms with Crippen LogP contribution in [0.15, 0.2) is 11.6 Å². The first-order valence-electron chi connectivity index (χ1n) is 11.1. The van der Waals surface area contributed by atoms with E-state index < -0.39 is 0 Å². The summed E-state index contributed by atoms with van der Waals surface area (Å²) >= 11 is 0. The molecule has 0 spiro atoms. The number of ketones is 1. The summed E-state index contributed by atoms with van der Waals surface area (Å²) in [7, 11) is 0. The lowest BCUT2D eigenvalue weighted by molar-refractivity contribution is -0.159. The van der Waals surface area contributed by atoms with Crippen molar-refractivity contribution in [2.45, 2.75) is 71.3 Å². The molecule has 6 unspecified atom stereocenters. The van der Waals surface area contributed by atoms with Crippen LogP contribution in [0.3, 0.4) is 0 Å². The van der Waals surface area contributed by atoms with Gasteiger partial charge >= 0.3 is 5.97 Å². The fourth-order valence-electron chi connectivity index (χ4n) is 7.31. The van der Waals surface area contributed by atoms with E-state index in [9.17, 15) is 9.59 Å². The molecular formula is C23H33NO3. The molecule has 0 aromatic carbocycles. The van der Waals surface area contributed by atoms with Gasteiger partial charge in [0.2, 0.25) is 0 Å². The predicted octanol–water partition coefficient (Wildman–Crippen LogP) is 3.75. The topological polar surface area (TPSA) is 46.4 Å². The number of hydrogen-bond acceptors (Lipinski definition) is 4. The molecule has 1 aliphatic heterocycles. The monoisotopic (exact) mass is 371 g/mol. The van der Waals surface area contributed by atoms with Gasteiger partial charge in [-0.3, -0.25) is 14.5 Å². The van der Waals surface area contributed by atoms with Crippen molar-refractivity contribution in [1.82, 2.24) is 4.90 Å². The molecule has 4 nitrogen and oxygen atoms in total. The maximum atomic E-state index is 12.3. The average Bonchev–Trinajstić information content (AvgIpc) is 3.37. The summed E-state index contributed by atoms with van der Waals surface area (Å²) in [5, 5.41) is 0. The van der Waals surface area contributed by atoms with Crippen molar-refractivity contribution in [2.75, 3.05) is 19.6 Å². The van der Waals surface area contributed by atoms with Gasteiger partial charge in [-0.05, 0) is 74.2 Å². The van der Waals surface area contributed by atoms with Gasteiger partial charge in [0.15, 0.2) is 5.78 Å². The zero-order valence-electron chi connectivity index (χ0n) is 16.8. The van der Waals surface area contributed by atoms with Gasteiger partial charge in [-0.25, -0.2) is 0 Å². The standard InChI is InChI=1S/C23H33NO3/c1-22-9-7-16(25)13-15(22)3-4-17-18-5-6-20(23(18,2)10-8-19(17)22)27-21(26)14-24-11-12-24/h13,17-20H,3-12,14H2,1-2H3. The van der Waals surface area contributed by atoms with Gasteiger partial charge in [0.05, 0.1) is 6.54 Å². The highest BCUT2D eigenvalue weighted by Gasteiger charge is 2.60. The fourth-order valence-corrected chi connectivity index (χ4v) is 7.31. The minimum atomic E-state index is -0.0203. The van der Waals surface area contributed by atoms with Gasteiger partial charge in [0.1, 0.15) is 6.10 Å². The molecule has 1 saturated heterocycles. The van der Waals surface area contributed by atoms with E-state index in [2.05, 4.69) is 18.7 Å². The van der Waals surface area contributed by atoms with E-state index in [0.717, 1.165) is 51.1 Å². The highest BCUT2D eigenvalue weighted by molar-refractivity contribution is 5.91. The normalized spacial score (nSPS) is 46.1. The molecule has 4 aliphatic carbocycles. The summed E-state index contributed by atoms with van der Waals surface area (Å²) in [5.41, 5.74) is 1.81. The van der Waals surface area contributed by atoms with E-state index in [-0.39, 0.29) is 22.9 Å². The number of fused-ring (bicyclic) bond motifs is 5. The number of esters is 1. The Morgan fingerprint density at radius 1 is 1.11 bits per heavy atom. The summed E-state index contributed by atoms with van der Waals surface area (Å²) < 4.78 is 6.02. The van der Waals surface area contributed by atoms with Crippen LogP contribution in [0.5, 0.6) is 0 Å². The molecule has 5 rings (SSSR count). The minimum Gasteiger partial charge on any atom is -0.461 e. The van der Waals surface area contributed by atoms with Crippen molar-refractivity contribution in [3.05, 3.63) is 11.6 Å². The van der Waals surface area contributed by atoms with E-state index in [1.165, 1.54) is 24.8 Å². The van der Waals surface area contributed by atoms with E-state index in [0.29, 0.717) is 24.2 Å². The van der Waals surface area contributed by atoms with Crippen LogP contribution < -0.4 is 0 Å². The third kappa shape index (κ3) is 2.82. The number of carbonyl (C=O) groups is 2. The zero-order chi connectivity index (χ0) is 18.8. The molecule has 5 aliphatic rings. The number of carbonyl (C=O) groups excluding carboxylic acids is 2. The number of hydrogen-bond donors (Lipinski definition) is 0. The minimum absolute atomic E-state index is 0.0203. The predicted molar refractivity (Wildman–Crippen MR) is 103 cm³/mol. The highest BCUT2D eigenvalue weighted by Crippen LogP contribution is 2.65. The lowest BCUT2D eigenvalue weighted by Gasteiger charge is -2.57. The third-order valence-electron chi connectivity index (χ3n) is 9.04. The molecule has 1 heterocycles. The lowest BCUT2D eigenvalue weighted by atomic mass is 9.47. The maximum absolute atomic E-state index is 12.3. The second kappa shape index (κ2) is 6.17. The second-order valence-electron chi connectivity index (χ2n) is 10.3. The van der Waals surface area contributed by atoms with Crippen molar-refractivity contribution >= 4 is 11.8 Å². The molecule has 0 radical (unpaired) electrons. The Kier molecular flexibility index (Phi) is 4.09. The molecular weight excluding hydrogens is 338 g/mol.